The van der Waals surface area contributed by atoms with Gasteiger partial charge in [-0.3, -0.25) is 0 Å². The number of pyridine rings is 1. The molecule has 2 aromatic rings. The highest BCUT2D eigenvalue weighted by Gasteiger charge is 2.12. The second-order valence-corrected chi connectivity index (χ2v) is 4.05. The van der Waals surface area contributed by atoms with Gasteiger partial charge in [0.15, 0.2) is 0 Å². The first-order valence-electron chi connectivity index (χ1n) is 5.07. The van der Waals surface area contributed by atoms with E-state index in [1.165, 1.54) is 0 Å². The summed E-state index contributed by atoms with van der Waals surface area (Å²) in [6.45, 7) is 2.53. The number of aromatic nitrogens is 1. The van der Waals surface area contributed by atoms with Crippen molar-refractivity contribution in [2.75, 3.05) is 26.1 Å². The Kier molecular flexibility index (Phi) is 3.14. The van der Waals surface area contributed by atoms with Crippen LogP contribution >= 0.6 is 11.3 Å². The molecule has 0 aliphatic carbocycles. The van der Waals surface area contributed by atoms with Gasteiger partial charge >= 0.3 is 0 Å². The second kappa shape index (κ2) is 4.57. The summed E-state index contributed by atoms with van der Waals surface area (Å²) in [5.41, 5.74) is 1.90. The maximum atomic E-state index is 5.41. The lowest BCUT2D eigenvalue weighted by molar-refractivity contribution is 0.325. The van der Waals surface area contributed by atoms with E-state index in [1.807, 2.05) is 25.4 Å². The van der Waals surface area contributed by atoms with Crippen molar-refractivity contribution in [2.24, 2.45) is 0 Å². The number of hydrogen-bond acceptors (Lipinski definition) is 5. The van der Waals surface area contributed by atoms with Crippen LogP contribution in [0.25, 0.3) is 10.2 Å². The molecule has 0 fully saturated rings. The number of fused-ring (bicyclic) bond motifs is 1. The molecule has 0 unspecified atom stereocenters. The summed E-state index contributed by atoms with van der Waals surface area (Å²) in [4.78, 5) is 4.45. The van der Waals surface area contributed by atoms with Crippen molar-refractivity contribution in [1.29, 1.82) is 0 Å². The third-order valence-electron chi connectivity index (χ3n) is 2.25. The van der Waals surface area contributed by atoms with Gasteiger partial charge in [0.25, 0.3) is 0 Å². The van der Waals surface area contributed by atoms with Crippen LogP contribution in [0.1, 0.15) is 6.92 Å². The molecule has 2 aromatic heterocycles. The lowest BCUT2D eigenvalue weighted by Crippen LogP contribution is -1.96. The van der Waals surface area contributed by atoms with Gasteiger partial charge in [0.1, 0.15) is 11.3 Å². The van der Waals surface area contributed by atoms with Gasteiger partial charge in [-0.2, -0.15) is 0 Å². The zero-order chi connectivity index (χ0) is 11.5. The van der Waals surface area contributed by atoms with Crippen molar-refractivity contribution in [1.82, 2.24) is 4.98 Å². The average Bonchev–Trinajstić information content (AvgIpc) is 2.71. The highest BCUT2D eigenvalue weighted by molar-refractivity contribution is 7.18. The van der Waals surface area contributed by atoms with Crippen LogP contribution in [0, 0.1) is 0 Å². The number of rotatable bonds is 4. The van der Waals surface area contributed by atoms with E-state index in [2.05, 4.69) is 10.3 Å². The van der Waals surface area contributed by atoms with Gasteiger partial charge in [-0.25, -0.2) is 4.98 Å². The van der Waals surface area contributed by atoms with Crippen molar-refractivity contribution in [2.45, 2.75) is 6.92 Å². The molecule has 0 bridgehead atoms. The van der Waals surface area contributed by atoms with Gasteiger partial charge in [0.05, 0.1) is 24.1 Å². The third-order valence-corrected chi connectivity index (χ3v) is 3.23. The zero-order valence-electron chi connectivity index (χ0n) is 9.53. The van der Waals surface area contributed by atoms with E-state index < -0.39 is 0 Å². The number of anilines is 1. The van der Waals surface area contributed by atoms with Gasteiger partial charge in [-0.1, -0.05) is 0 Å². The Hall–Kier alpha value is -1.49. The largest absolute Gasteiger partial charge is 0.495 e. The summed E-state index contributed by atoms with van der Waals surface area (Å²) < 4.78 is 11.8. The van der Waals surface area contributed by atoms with Crippen molar-refractivity contribution in [3.05, 3.63) is 11.4 Å². The fraction of sp³-hybridized carbons (Fsp3) is 0.364. The molecule has 0 saturated carbocycles. The third kappa shape index (κ3) is 1.78. The van der Waals surface area contributed by atoms with Crippen LogP contribution in [0.3, 0.4) is 0 Å². The molecule has 86 valence electrons. The van der Waals surface area contributed by atoms with Crippen molar-refractivity contribution >= 4 is 27.2 Å². The standard InChI is InChI=1S/C11H14N2O2S/c1-4-15-9-5-8(14-3)11-10(13-9)7(12-2)6-16-11/h5-6,12H,4H2,1-3H3. The molecule has 0 aliphatic rings. The number of thiophene rings is 1. The van der Waals surface area contributed by atoms with Gasteiger partial charge in [0.2, 0.25) is 5.88 Å². The fourth-order valence-corrected chi connectivity index (χ4v) is 2.50. The van der Waals surface area contributed by atoms with E-state index in [1.54, 1.807) is 18.4 Å². The average molecular weight is 238 g/mol. The van der Waals surface area contributed by atoms with E-state index >= 15 is 0 Å². The highest BCUT2D eigenvalue weighted by Crippen LogP contribution is 2.37. The molecule has 0 aromatic carbocycles. The maximum Gasteiger partial charge on any atom is 0.217 e. The van der Waals surface area contributed by atoms with Crippen LogP contribution in [0.15, 0.2) is 11.4 Å². The van der Waals surface area contributed by atoms with E-state index in [0.717, 1.165) is 21.7 Å². The molecular weight excluding hydrogens is 224 g/mol. The SMILES string of the molecule is CCOc1cc(OC)c2scc(NC)c2n1. The fourth-order valence-electron chi connectivity index (χ4n) is 1.51. The van der Waals surface area contributed by atoms with E-state index in [0.29, 0.717) is 12.5 Å². The number of methoxy groups -OCH3 is 1. The summed E-state index contributed by atoms with van der Waals surface area (Å²) in [6, 6.07) is 1.82. The Morgan fingerprint density at radius 3 is 2.94 bits per heavy atom. The topological polar surface area (TPSA) is 43.4 Å². The van der Waals surface area contributed by atoms with Crippen LogP contribution in [0.5, 0.6) is 11.6 Å². The van der Waals surface area contributed by atoms with Gasteiger partial charge < -0.3 is 14.8 Å². The zero-order valence-corrected chi connectivity index (χ0v) is 10.4. The molecule has 0 spiro atoms. The van der Waals surface area contributed by atoms with Crippen molar-refractivity contribution in [3.63, 3.8) is 0 Å². The first-order valence-corrected chi connectivity index (χ1v) is 5.94. The van der Waals surface area contributed by atoms with Crippen LogP contribution in [0.4, 0.5) is 5.69 Å². The molecule has 4 nitrogen and oxygen atoms in total. The van der Waals surface area contributed by atoms with Gasteiger partial charge in [-0.15, -0.1) is 11.3 Å². The first-order chi connectivity index (χ1) is 7.80. The number of nitrogens with one attached hydrogen (secondary N) is 1. The number of nitrogens with zero attached hydrogens (tertiary/aromatic N) is 1. The van der Waals surface area contributed by atoms with Crippen molar-refractivity contribution < 1.29 is 9.47 Å². The smallest absolute Gasteiger partial charge is 0.217 e. The molecule has 1 N–H and O–H groups in total. The summed E-state index contributed by atoms with van der Waals surface area (Å²) >= 11 is 1.61. The normalized spacial score (nSPS) is 10.4. The Morgan fingerprint density at radius 1 is 1.50 bits per heavy atom. The predicted molar refractivity (Wildman–Crippen MR) is 66.9 cm³/mol. The van der Waals surface area contributed by atoms with Gasteiger partial charge in [-0.05, 0) is 6.92 Å². The van der Waals surface area contributed by atoms with Crippen LogP contribution in [0.2, 0.25) is 0 Å². The highest BCUT2D eigenvalue weighted by atomic mass is 32.1. The quantitative estimate of drug-likeness (QED) is 0.889. The molecule has 2 heterocycles. The van der Waals surface area contributed by atoms with Crippen molar-refractivity contribution in [3.8, 4) is 11.6 Å². The first kappa shape index (κ1) is 11.0. The van der Waals surface area contributed by atoms with Crippen LogP contribution < -0.4 is 14.8 Å². The molecule has 5 heteroatoms. The molecule has 0 aliphatic heterocycles. The number of ether oxygens (including phenoxy) is 2. The molecule has 0 atom stereocenters. The van der Waals surface area contributed by atoms with Gasteiger partial charge in [0, 0.05) is 18.5 Å². The monoisotopic (exact) mass is 238 g/mol. The molecule has 0 saturated heterocycles. The lowest BCUT2D eigenvalue weighted by atomic mass is 10.3. The summed E-state index contributed by atoms with van der Waals surface area (Å²) in [7, 11) is 3.53. The maximum absolute atomic E-state index is 5.41. The minimum absolute atomic E-state index is 0.598. The Bertz CT molecular complexity index is 496. The Labute approximate surface area is 98.2 Å². The van der Waals surface area contributed by atoms with E-state index in [-0.39, 0.29) is 0 Å². The molecule has 0 amide bonds. The Morgan fingerprint density at radius 2 is 2.31 bits per heavy atom. The minimum Gasteiger partial charge on any atom is -0.495 e. The molecule has 0 radical (unpaired) electrons. The molecular formula is C11H14N2O2S. The summed E-state index contributed by atoms with van der Waals surface area (Å²) in [5.74, 6) is 1.40. The van der Waals surface area contributed by atoms with E-state index in [4.69, 9.17) is 9.47 Å². The van der Waals surface area contributed by atoms with Crippen LogP contribution in [-0.4, -0.2) is 25.7 Å². The molecule has 16 heavy (non-hydrogen) atoms. The Balaban J connectivity index is 2.61. The van der Waals surface area contributed by atoms with E-state index in [9.17, 15) is 0 Å². The summed E-state index contributed by atoms with van der Waals surface area (Å²) in [5, 5.41) is 5.13. The molecule has 2 rings (SSSR count). The predicted octanol–water partition coefficient (Wildman–Crippen LogP) is 2.75. The minimum atomic E-state index is 0.598. The lowest BCUT2D eigenvalue weighted by Gasteiger charge is -2.06. The second-order valence-electron chi connectivity index (χ2n) is 3.17. The van der Waals surface area contributed by atoms with Crippen LogP contribution in [-0.2, 0) is 0 Å². The summed E-state index contributed by atoms with van der Waals surface area (Å²) in [6.07, 6.45) is 0. The number of hydrogen-bond donors (Lipinski definition) is 1.